The topological polar surface area (TPSA) is 67.8 Å². The van der Waals surface area contributed by atoms with Crippen molar-refractivity contribution in [2.45, 2.75) is 0 Å². The molecule has 0 aliphatic heterocycles. The number of amides is 1. The summed E-state index contributed by atoms with van der Waals surface area (Å²) < 4.78 is 5.03. The van der Waals surface area contributed by atoms with E-state index in [1.54, 1.807) is 43.5 Å². The van der Waals surface area contributed by atoms with Crippen LogP contribution in [0.15, 0.2) is 53.7 Å². The fourth-order valence-electron chi connectivity index (χ4n) is 1.55. The summed E-state index contributed by atoms with van der Waals surface area (Å²) >= 11 is 0. The zero-order chi connectivity index (χ0) is 13.7. The molecule has 1 N–H and O–H groups in total. The van der Waals surface area contributed by atoms with Crippen molar-refractivity contribution in [2.24, 2.45) is 5.18 Å². The molecule has 0 aliphatic rings. The van der Waals surface area contributed by atoms with Crippen LogP contribution in [0.4, 0.5) is 11.4 Å². The van der Waals surface area contributed by atoms with Gasteiger partial charge in [0.1, 0.15) is 11.4 Å². The number of hydrogen-bond acceptors (Lipinski definition) is 4. The average Bonchev–Trinajstić information content (AvgIpc) is 2.48. The molecule has 0 spiro atoms. The summed E-state index contributed by atoms with van der Waals surface area (Å²) in [5, 5.41) is 5.52. The molecule has 96 valence electrons. The summed E-state index contributed by atoms with van der Waals surface area (Å²) in [6.07, 6.45) is 0. The Kier molecular flexibility index (Phi) is 3.87. The van der Waals surface area contributed by atoms with E-state index in [9.17, 15) is 9.70 Å². The third-order valence-corrected chi connectivity index (χ3v) is 2.58. The number of nitroso groups, excluding NO2 is 1. The summed E-state index contributed by atoms with van der Waals surface area (Å²) in [4.78, 5) is 22.2. The highest BCUT2D eigenvalue weighted by Crippen LogP contribution is 2.17. The predicted octanol–water partition coefficient (Wildman–Crippen LogP) is 3.35. The number of anilines is 1. The molecule has 2 rings (SSSR count). The highest BCUT2D eigenvalue weighted by Gasteiger charge is 2.06. The Bertz CT molecular complexity index is 577. The number of nitrogens with zero attached hydrogens (tertiary/aromatic N) is 1. The highest BCUT2D eigenvalue weighted by atomic mass is 16.5. The van der Waals surface area contributed by atoms with Crippen LogP contribution >= 0.6 is 0 Å². The molecular formula is C14H12N2O3. The molecule has 0 saturated carbocycles. The molecule has 0 saturated heterocycles. The van der Waals surface area contributed by atoms with Crippen molar-refractivity contribution in [2.75, 3.05) is 12.4 Å². The quantitative estimate of drug-likeness (QED) is 0.853. The highest BCUT2D eigenvalue weighted by molar-refractivity contribution is 6.04. The van der Waals surface area contributed by atoms with Crippen LogP contribution in [-0.2, 0) is 0 Å². The van der Waals surface area contributed by atoms with Gasteiger partial charge in [-0.05, 0) is 53.7 Å². The fraction of sp³-hybridized carbons (Fsp3) is 0.0714. The second-order valence-electron chi connectivity index (χ2n) is 3.82. The van der Waals surface area contributed by atoms with Crippen molar-refractivity contribution < 1.29 is 9.53 Å². The maximum atomic E-state index is 11.9. The zero-order valence-electron chi connectivity index (χ0n) is 10.3. The lowest BCUT2D eigenvalue weighted by molar-refractivity contribution is 0.102. The first kappa shape index (κ1) is 12.8. The van der Waals surface area contributed by atoms with Crippen LogP contribution in [0.3, 0.4) is 0 Å². The molecule has 2 aromatic rings. The molecule has 0 unspecified atom stereocenters. The Labute approximate surface area is 110 Å². The van der Waals surface area contributed by atoms with Crippen LogP contribution in [0.2, 0.25) is 0 Å². The Hall–Kier alpha value is -2.69. The minimum absolute atomic E-state index is 0.248. The summed E-state index contributed by atoms with van der Waals surface area (Å²) in [7, 11) is 1.58. The standard InChI is InChI=1S/C14H12N2O3/c1-19-13-8-6-11(7-9-13)15-14(17)10-2-4-12(16-18)5-3-10/h2-9H,1H3,(H,15,17). The first-order chi connectivity index (χ1) is 9.22. The van der Waals surface area contributed by atoms with Gasteiger partial charge in [-0.1, -0.05) is 0 Å². The van der Waals surface area contributed by atoms with Crippen LogP contribution in [0.5, 0.6) is 5.75 Å². The van der Waals surface area contributed by atoms with E-state index in [4.69, 9.17) is 4.74 Å². The van der Waals surface area contributed by atoms with E-state index in [0.29, 0.717) is 16.9 Å². The number of carbonyl (C=O) groups is 1. The van der Waals surface area contributed by atoms with Gasteiger partial charge >= 0.3 is 0 Å². The number of carbonyl (C=O) groups excluding carboxylic acids is 1. The largest absolute Gasteiger partial charge is 0.497 e. The first-order valence-electron chi connectivity index (χ1n) is 5.62. The molecule has 1 amide bonds. The van der Waals surface area contributed by atoms with Gasteiger partial charge in [0.05, 0.1) is 7.11 Å². The van der Waals surface area contributed by atoms with Gasteiger partial charge in [-0.2, -0.15) is 0 Å². The van der Waals surface area contributed by atoms with E-state index in [1.165, 1.54) is 12.1 Å². The van der Waals surface area contributed by atoms with Gasteiger partial charge in [-0.3, -0.25) is 4.79 Å². The molecule has 0 aromatic heterocycles. The summed E-state index contributed by atoms with van der Waals surface area (Å²) in [6.45, 7) is 0. The number of nitrogens with one attached hydrogen (secondary N) is 1. The number of rotatable bonds is 4. The zero-order valence-corrected chi connectivity index (χ0v) is 10.3. The van der Waals surface area contributed by atoms with Crippen molar-refractivity contribution in [1.82, 2.24) is 0 Å². The van der Waals surface area contributed by atoms with E-state index < -0.39 is 0 Å². The van der Waals surface area contributed by atoms with E-state index >= 15 is 0 Å². The van der Waals surface area contributed by atoms with Gasteiger partial charge in [0, 0.05) is 11.3 Å². The van der Waals surface area contributed by atoms with Crippen LogP contribution in [0.1, 0.15) is 10.4 Å². The van der Waals surface area contributed by atoms with Crippen LogP contribution in [0.25, 0.3) is 0 Å². The summed E-state index contributed by atoms with van der Waals surface area (Å²) in [5.41, 5.74) is 1.42. The molecular weight excluding hydrogens is 244 g/mol. The molecule has 0 atom stereocenters. The third-order valence-electron chi connectivity index (χ3n) is 2.58. The average molecular weight is 256 g/mol. The minimum atomic E-state index is -0.248. The van der Waals surface area contributed by atoms with Gasteiger partial charge in [0.25, 0.3) is 5.91 Å². The molecule has 5 heteroatoms. The molecule has 19 heavy (non-hydrogen) atoms. The summed E-state index contributed by atoms with van der Waals surface area (Å²) in [6, 6.07) is 13.1. The number of benzene rings is 2. The van der Waals surface area contributed by atoms with Crippen molar-refractivity contribution in [1.29, 1.82) is 0 Å². The van der Waals surface area contributed by atoms with Crippen molar-refractivity contribution >= 4 is 17.3 Å². The lowest BCUT2D eigenvalue weighted by Gasteiger charge is -2.06. The van der Waals surface area contributed by atoms with Crippen molar-refractivity contribution in [3.8, 4) is 5.75 Å². The summed E-state index contributed by atoms with van der Waals surface area (Å²) in [5.74, 6) is 0.474. The second kappa shape index (κ2) is 5.77. The Morgan fingerprint density at radius 2 is 1.68 bits per heavy atom. The van der Waals surface area contributed by atoms with Gasteiger partial charge in [-0.25, -0.2) is 0 Å². The Balaban J connectivity index is 2.08. The molecule has 0 heterocycles. The lowest BCUT2D eigenvalue weighted by Crippen LogP contribution is -2.11. The number of ether oxygens (including phenoxy) is 1. The van der Waals surface area contributed by atoms with Crippen LogP contribution in [0, 0.1) is 4.91 Å². The molecule has 0 bridgehead atoms. The monoisotopic (exact) mass is 256 g/mol. The molecule has 0 fully saturated rings. The third kappa shape index (κ3) is 3.16. The smallest absolute Gasteiger partial charge is 0.255 e. The van der Waals surface area contributed by atoms with Crippen LogP contribution < -0.4 is 10.1 Å². The van der Waals surface area contributed by atoms with Crippen LogP contribution in [-0.4, -0.2) is 13.0 Å². The Morgan fingerprint density at radius 1 is 1.05 bits per heavy atom. The number of methoxy groups -OCH3 is 1. The Morgan fingerprint density at radius 3 is 2.21 bits per heavy atom. The lowest BCUT2D eigenvalue weighted by atomic mass is 10.2. The predicted molar refractivity (Wildman–Crippen MR) is 72.8 cm³/mol. The molecule has 0 aliphatic carbocycles. The van der Waals surface area contributed by atoms with E-state index in [1.807, 2.05) is 0 Å². The minimum Gasteiger partial charge on any atom is -0.497 e. The SMILES string of the molecule is COc1ccc(NC(=O)c2ccc(N=O)cc2)cc1. The van der Waals surface area contributed by atoms with Gasteiger partial charge in [0.2, 0.25) is 0 Å². The second-order valence-corrected chi connectivity index (χ2v) is 3.82. The molecule has 0 radical (unpaired) electrons. The van der Waals surface area contributed by atoms with Gasteiger partial charge in [0.15, 0.2) is 0 Å². The van der Waals surface area contributed by atoms with E-state index in [0.717, 1.165) is 5.75 Å². The molecule has 2 aromatic carbocycles. The maximum Gasteiger partial charge on any atom is 0.255 e. The van der Waals surface area contributed by atoms with Gasteiger partial charge < -0.3 is 10.1 Å². The van der Waals surface area contributed by atoms with Gasteiger partial charge in [-0.15, -0.1) is 4.91 Å². The molecule has 5 nitrogen and oxygen atoms in total. The van der Waals surface area contributed by atoms with Crippen molar-refractivity contribution in [3.63, 3.8) is 0 Å². The van der Waals surface area contributed by atoms with Crippen molar-refractivity contribution in [3.05, 3.63) is 59.0 Å². The van der Waals surface area contributed by atoms with E-state index in [2.05, 4.69) is 10.5 Å². The maximum absolute atomic E-state index is 11.9. The normalized spacial score (nSPS) is 9.74. The first-order valence-corrected chi connectivity index (χ1v) is 5.62. The fourth-order valence-corrected chi connectivity index (χ4v) is 1.55. The van der Waals surface area contributed by atoms with E-state index in [-0.39, 0.29) is 5.91 Å². The number of hydrogen-bond donors (Lipinski definition) is 1.